The summed E-state index contributed by atoms with van der Waals surface area (Å²) in [5, 5.41) is 94.8. The predicted octanol–water partition coefficient (Wildman–Crippen LogP) is 1.66. The Hall–Kier alpha value is -1.35. The largest absolute Gasteiger partial charge is 0.432 e. The zero-order valence-corrected chi connectivity index (χ0v) is 38.3. The number of carbonyl (C=O) groups is 1. The molecule has 9 N–H and O–H groups in total. The minimum absolute atomic E-state index is 0.0877. The molecule has 8 rings (SSSR count). The number of ether oxygens (including phenoxy) is 6. The van der Waals surface area contributed by atoms with Crippen molar-refractivity contribution in [3.05, 3.63) is 11.6 Å². The highest BCUT2D eigenvalue weighted by Gasteiger charge is 2.70. The molecule has 3 aliphatic heterocycles. The van der Waals surface area contributed by atoms with Gasteiger partial charge < -0.3 is 74.4 Å². The highest BCUT2D eigenvalue weighted by Crippen LogP contribution is 2.76. The zero-order valence-electron chi connectivity index (χ0n) is 38.3. The van der Waals surface area contributed by atoms with Gasteiger partial charge >= 0.3 is 5.97 Å². The summed E-state index contributed by atoms with van der Waals surface area (Å²) < 4.78 is 36.3. The van der Waals surface area contributed by atoms with Crippen molar-refractivity contribution < 1.29 is 79.2 Å². The summed E-state index contributed by atoms with van der Waals surface area (Å²) in [5.74, 6) is 0.490. The summed E-state index contributed by atoms with van der Waals surface area (Å²) in [6, 6.07) is 0. The van der Waals surface area contributed by atoms with Crippen molar-refractivity contribution in [1.82, 2.24) is 0 Å². The maximum atomic E-state index is 14.7. The Morgan fingerprint density at radius 2 is 1.40 bits per heavy atom. The second kappa shape index (κ2) is 17.0. The molecule has 0 aromatic rings. The van der Waals surface area contributed by atoms with Crippen LogP contribution < -0.4 is 0 Å². The fourth-order valence-corrected chi connectivity index (χ4v) is 14.9. The minimum atomic E-state index is -1.67. The summed E-state index contributed by atoms with van der Waals surface area (Å²) in [5.41, 5.74) is -0.343. The number of hydrogen-bond acceptors (Lipinski definition) is 16. The molecule has 0 bridgehead atoms. The molecule has 8 aliphatic rings. The third-order valence-corrected chi connectivity index (χ3v) is 19.2. The maximum Gasteiger partial charge on any atom is 0.315 e. The summed E-state index contributed by atoms with van der Waals surface area (Å²) in [4.78, 5) is 14.7. The van der Waals surface area contributed by atoms with Crippen molar-refractivity contribution in [2.45, 2.75) is 205 Å². The van der Waals surface area contributed by atoms with Crippen LogP contribution in [0.4, 0.5) is 0 Å². The third kappa shape index (κ3) is 7.33. The lowest BCUT2D eigenvalue weighted by molar-refractivity contribution is -0.364. The van der Waals surface area contributed by atoms with E-state index < -0.39 is 104 Å². The Bertz CT molecular complexity index is 1710. The highest BCUT2D eigenvalue weighted by molar-refractivity contribution is 5.79. The van der Waals surface area contributed by atoms with E-state index in [2.05, 4.69) is 54.5 Å². The molecule has 0 spiro atoms. The van der Waals surface area contributed by atoms with E-state index >= 15 is 0 Å². The van der Waals surface area contributed by atoms with Gasteiger partial charge in [-0.3, -0.25) is 4.79 Å². The number of fused-ring (bicyclic) bond motifs is 7. The first-order valence-corrected chi connectivity index (χ1v) is 23.7. The summed E-state index contributed by atoms with van der Waals surface area (Å²) in [7, 11) is 0. The Morgan fingerprint density at radius 1 is 0.714 bits per heavy atom. The van der Waals surface area contributed by atoms with Crippen LogP contribution in [0, 0.1) is 56.7 Å². The minimum Gasteiger partial charge on any atom is -0.432 e. The first-order chi connectivity index (χ1) is 29.5. The van der Waals surface area contributed by atoms with Crippen molar-refractivity contribution >= 4 is 5.97 Å². The smallest absolute Gasteiger partial charge is 0.315 e. The van der Waals surface area contributed by atoms with Gasteiger partial charge in [0, 0.05) is 0 Å². The van der Waals surface area contributed by atoms with Crippen LogP contribution in [-0.4, -0.2) is 157 Å². The average molecular weight is 897 g/mol. The molecule has 16 nitrogen and oxygen atoms in total. The quantitative estimate of drug-likeness (QED) is 0.100. The van der Waals surface area contributed by atoms with E-state index in [1.54, 1.807) is 6.92 Å². The van der Waals surface area contributed by atoms with E-state index in [9.17, 15) is 50.8 Å². The van der Waals surface area contributed by atoms with Gasteiger partial charge in [-0.05, 0) is 116 Å². The highest BCUT2D eigenvalue weighted by atomic mass is 16.8. The Balaban J connectivity index is 1.04. The molecule has 0 amide bonds. The second-order valence-corrected chi connectivity index (χ2v) is 22.4. The topological polar surface area (TPSA) is 255 Å². The van der Waals surface area contributed by atoms with Crippen molar-refractivity contribution in [2.75, 3.05) is 13.2 Å². The van der Waals surface area contributed by atoms with Gasteiger partial charge in [0.25, 0.3) is 0 Å². The van der Waals surface area contributed by atoms with Crippen molar-refractivity contribution in [3.8, 4) is 0 Å². The van der Waals surface area contributed by atoms with Gasteiger partial charge in [-0.15, -0.1) is 0 Å². The predicted molar refractivity (Wildman–Crippen MR) is 223 cm³/mol. The lowest BCUT2D eigenvalue weighted by atomic mass is 9.33. The first kappa shape index (κ1) is 48.1. The van der Waals surface area contributed by atoms with Crippen LogP contribution in [0.5, 0.6) is 0 Å². The fourth-order valence-electron chi connectivity index (χ4n) is 14.9. The summed E-state index contributed by atoms with van der Waals surface area (Å²) in [6.45, 7) is 17.1. The Labute approximate surface area is 371 Å². The molecular formula is C47H76O16. The van der Waals surface area contributed by atoms with E-state index in [-0.39, 0.29) is 52.1 Å². The second-order valence-electron chi connectivity index (χ2n) is 22.4. The molecule has 0 aromatic heterocycles. The van der Waals surface area contributed by atoms with Crippen LogP contribution in [0.25, 0.3) is 0 Å². The van der Waals surface area contributed by atoms with Gasteiger partial charge in [0.2, 0.25) is 6.29 Å². The molecule has 0 radical (unpaired) electrons. The fraction of sp³-hybridized carbons (Fsp3) is 0.936. The SMILES string of the molecule is C[C@H]1[C@H](C)CC[C@]2(C(=O)O[C@@H]3O[C@H](CO)[C@@H](O)[C@H](O)[C@H]3O)CC[C@]3(C)C(=CCC4[C@@]5(C)CC[C@H](O[C@@H]6OC[C@H](O)[C@H](O)[C@H]6O[C@@H]6O[C@@H](C)[C@H](O)[C@@H](O)[C@H]6O)C(C)(C)C5CC[C@]43C)[C@H]12. The first-order valence-electron chi connectivity index (χ1n) is 23.7. The van der Waals surface area contributed by atoms with Crippen molar-refractivity contribution in [2.24, 2.45) is 56.7 Å². The monoisotopic (exact) mass is 897 g/mol. The van der Waals surface area contributed by atoms with E-state index in [0.717, 1.165) is 38.5 Å². The Kier molecular flexibility index (Phi) is 13.0. The molecular weight excluding hydrogens is 821 g/mol. The van der Waals surface area contributed by atoms with Crippen LogP contribution in [0.2, 0.25) is 0 Å². The van der Waals surface area contributed by atoms with Crippen LogP contribution in [-0.2, 0) is 33.2 Å². The van der Waals surface area contributed by atoms with Crippen molar-refractivity contribution in [1.29, 1.82) is 0 Å². The van der Waals surface area contributed by atoms with E-state index in [4.69, 9.17) is 28.4 Å². The molecule has 24 atom stereocenters. The van der Waals surface area contributed by atoms with Gasteiger partial charge in [0.1, 0.15) is 61.0 Å². The normalized spacial score (nSPS) is 55.6. The molecule has 0 aromatic carbocycles. The molecule has 7 fully saturated rings. The van der Waals surface area contributed by atoms with Crippen molar-refractivity contribution in [3.63, 3.8) is 0 Å². The number of aliphatic hydroxyl groups is 9. The maximum absolute atomic E-state index is 14.7. The number of esters is 1. The van der Waals surface area contributed by atoms with Crippen LogP contribution in [0.1, 0.15) is 113 Å². The number of allylic oxidation sites excluding steroid dienone is 2. The molecule has 63 heavy (non-hydrogen) atoms. The molecule has 360 valence electrons. The number of hydrogen-bond donors (Lipinski definition) is 9. The van der Waals surface area contributed by atoms with Crippen LogP contribution in [0.3, 0.4) is 0 Å². The van der Waals surface area contributed by atoms with Gasteiger partial charge in [-0.2, -0.15) is 0 Å². The molecule has 16 heteroatoms. The van der Waals surface area contributed by atoms with Crippen LogP contribution in [0.15, 0.2) is 11.6 Å². The molecule has 3 heterocycles. The molecule has 4 saturated carbocycles. The van der Waals surface area contributed by atoms with Gasteiger partial charge in [0.15, 0.2) is 12.6 Å². The summed E-state index contributed by atoms with van der Waals surface area (Å²) in [6.07, 6.45) is -10.2. The third-order valence-electron chi connectivity index (χ3n) is 19.2. The summed E-state index contributed by atoms with van der Waals surface area (Å²) >= 11 is 0. The Morgan fingerprint density at radius 3 is 2.10 bits per heavy atom. The zero-order chi connectivity index (χ0) is 45.9. The number of aliphatic hydroxyl groups excluding tert-OH is 9. The van der Waals surface area contributed by atoms with E-state index in [1.807, 2.05) is 0 Å². The molecule has 2 unspecified atom stereocenters. The average Bonchev–Trinajstić information content (AvgIpc) is 3.24. The van der Waals surface area contributed by atoms with Gasteiger partial charge in [0.05, 0.1) is 30.8 Å². The molecule has 5 aliphatic carbocycles. The van der Waals surface area contributed by atoms with E-state index in [1.165, 1.54) is 5.57 Å². The number of rotatable bonds is 7. The number of carbonyl (C=O) groups excluding carboxylic acids is 1. The van der Waals surface area contributed by atoms with Gasteiger partial charge in [-0.25, -0.2) is 0 Å². The van der Waals surface area contributed by atoms with Crippen LogP contribution >= 0.6 is 0 Å². The lowest BCUT2D eigenvalue weighted by Gasteiger charge is -2.71. The van der Waals surface area contributed by atoms with Gasteiger partial charge in [-0.1, -0.05) is 60.1 Å². The van der Waals surface area contributed by atoms with E-state index in [0.29, 0.717) is 31.1 Å². The lowest BCUT2D eigenvalue weighted by Crippen LogP contribution is -2.66. The standard InChI is InChI=1S/C47H76O16/c1-21-11-16-47(42(57)63-40-37(56)35(54)33(52)26(19-48)60-40)18-17-45(7)24(30(47)22(21)2)9-10-28-44(6)14-13-29(43(4,5)27(44)12-15-46(28,45)8)61-41-38(32(51)25(49)20-58-41)62-39-36(55)34(53)31(50)23(3)59-39/h9,21-23,25-41,48-56H,10-20H2,1-8H3/t21-,22+,23+,25+,26-,27?,28?,29+,30+,31+,32+,33-,34-,35+,36-,37-,38-,39+,40+,41+,44+,45-,46-,47+/m1/s1. The molecule has 3 saturated heterocycles.